The summed E-state index contributed by atoms with van der Waals surface area (Å²) in [5.41, 5.74) is 1.62. The van der Waals surface area contributed by atoms with Crippen molar-refractivity contribution in [1.82, 2.24) is 10.2 Å². The summed E-state index contributed by atoms with van der Waals surface area (Å²) < 4.78 is 5.35. The van der Waals surface area contributed by atoms with Crippen molar-refractivity contribution in [2.75, 3.05) is 13.7 Å². The van der Waals surface area contributed by atoms with Crippen LogP contribution in [0.3, 0.4) is 0 Å². The maximum atomic E-state index is 12.6. The van der Waals surface area contributed by atoms with E-state index in [9.17, 15) is 9.59 Å². The molecule has 1 aromatic rings. The number of unbranched alkanes of at least 4 members (excludes halogenated alkanes) is 1. The third-order valence-corrected chi connectivity index (χ3v) is 4.72. The predicted molar refractivity (Wildman–Crippen MR) is 94.1 cm³/mol. The molecule has 7 heteroatoms. The van der Waals surface area contributed by atoms with E-state index in [2.05, 4.69) is 5.32 Å². The fourth-order valence-electron chi connectivity index (χ4n) is 2.43. The molecule has 24 heavy (non-hydrogen) atoms. The molecule has 1 unspecified atom stereocenters. The second-order valence-electron chi connectivity index (χ2n) is 5.60. The van der Waals surface area contributed by atoms with Crippen molar-refractivity contribution in [3.05, 3.63) is 45.1 Å². The van der Waals surface area contributed by atoms with Crippen LogP contribution in [0.1, 0.15) is 38.3 Å². The normalized spacial score (nSPS) is 17.8. The molecule has 0 saturated heterocycles. The van der Waals surface area contributed by atoms with E-state index in [1.165, 1.54) is 4.90 Å². The monoisotopic (exact) mass is 370 g/mol. The average Bonchev–Trinajstić information content (AvgIpc) is 2.55. The molecule has 1 atom stereocenters. The number of nitrogens with one attached hydrogen (secondary N) is 1. The topological polar surface area (TPSA) is 58.6 Å². The Balaban J connectivity index is 2.40. The van der Waals surface area contributed by atoms with Crippen molar-refractivity contribution < 1.29 is 14.3 Å². The molecule has 1 aliphatic heterocycles. The van der Waals surface area contributed by atoms with Crippen molar-refractivity contribution in [3.63, 3.8) is 0 Å². The Bertz CT molecular complexity index is 688. The second-order valence-corrected chi connectivity index (χ2v) is 6.42. The van der Waals surface area contributed by atoms with Crippen molar-refractivity contribution in [3.8, 4) is 0 Å². The van der Waals surface area contributed by atoms with E-state index in [1.54, 1.807) is 32.2 Å². The molecule has 0 bridgehead atoms. The molecular weight excluding hydrogens is 351 g/mol. The zero-order valence-electron chi connectivity index (χ0n) is 13.9. The molecule has 0 radical (unpaired) electrons. The number of nitrogens with zero attached hydrogens (tertiary/aromatic N) is 1. The van der Waals surface area contributed by atoms with Crippen molar-refractivity contribution in [2.45, 2.75) is 32.7 Å². The number of esters is 1. The lowest BCUT2D eigenvalue weighted by molar-refractivity contribution is -0.139. The predicted octanol–water partition coefficient (Wildman–Crippen LogP) is 4.31. The number of ether oxygens (including phenoxy) is 1. The number of urea groups is 1. The van der Waals surface area contributed by atoms with Crippen LogP contribution in [-0.2, 0) is 9.53 Å². The summed E-state index contributed by atoms with van der Waals surface area (Å²) in [4.78, 5) is 26.1. The molecule has 0 aromatic heterocycles. The molecule has 1 aromatic carbocycles. The van der Waals surface area contributed by atoms with Gasteiger partial charge in [0.15, 0.2) is 0 Å². The maximum Gasteiger partial charge on any atom is 0.338 e. The van der Waals surface area contributed by atoms with Crippen LogP contribution in [0, 0.1) is 0 Å². The Hall–Kier alpha value is -1.72. The first-order chi connectivity index (χ1) is 11.4. The number of allylic oxidation sites excluding steroid dienone is 1. The van der Waals surface area contributed by atoms with E-state index in [4.69, 9.17) is 27.9 Å². The summed E-state index contributed by atoms with van der Waals surface area (Å²) >= 11 is 12.0. The molecule has 1 heterocycles. The van der Waals surface area contributed by atoms with Gasteiger partial charge in [0, 0.05) is 12.7 Å². The highest BCUT2D eigenvalue weighted by Gasteiger charge is 2.35. The fourth-order valence-corrected chi connectivity index (χ4v) is 2.74. The van der Waals surface area contributed by atoms with Gasteiger partial charge in [-0.25, -0.2) is 9.59 Å². The fraction of sp³-hybridized carbons (Fsp3) is 0.412. The van der Waals surface area contributed by atoms with Crippen molar-refractivity contribution in [2.24, 2.45) is 0 Å². The first kappa shape index (κ1) is 18.6. The van der Waals surface area contributed by atoms with Crippen LogP contribution in [-0.4, -0.2) is 30.6 Å². The highest BCUT2D eigenvalue weighted by atomic mass is 35.5. The van der Waals surface area contributed by atoms with Crippen LogP contribution in [0.2, 0.25) is 10.0 Å². The first-order valence-electron chi connectivity index (χ1n) is 7.73. The minimum Gasteiger partial charge on any atom is -0.462 e. The third-order valence-electron chi connectivity index (χ3n) is 3.98. The number of benzene rings is 1. The van der Waals surface area contributed by atoms with Crippen LogP contribution in [0.15, 0.2) is 29.5 Å². The zero-order chi connectivity index (χ0) is 17.9. The number of amides is 2. The van der Waals surface area contributed by atoms with E-state index < -0.39 is 12.0 Å². The Morgan fingerprint density at radius 3 is 2.67 bits per heavy atom. The summed E-state index contributed by atoms with van der Waals surface area (Å²) in [6.45, 7) is 4.09. The van der Waals surface area contributed by atoms with Crippen LogP contribution < -0.4 is 5.32 Å². The minimum atomic E-state index is -0.627. The Morgan fingerprint density at radius 1 is 1.33 bits per heavy atom. The van der Waals surface area contributed by atoms with Gasteiger partial charge in [-0.05, 0) is 31.0 Å². The Morgan fingerprint density at radius 2 is 2.04 bits per heavy atom. The maximum absolute atomic E-state index is 12.6. The largest absolute Gasteiger partial charge is 0.462 e. The molecule has 0 fully saturated rings. The number of rotatable bonds is 5. The van der Waals surface area contributed by atoms with E-state index in [-0.39, 0.29) is 6.03 Å². The Kier molecular flexibility index (Phi) is 6.13. The highest BCUT2D eigenvalue weighted by Crippen LogP contribution is 2.33. The van der Waals surface area contributed by atoms with Gasteiger partial charge in [-0.2, -0.15) is 0 Å². The van der Waals surface area contributed by atoms with E-state index in [0.29, 0.717) is 33.5 Å². The molecular formula is C17H20Cl2N2O3. The quantitative estimate of drug-likeness (QED) is 0.620. The Labute approximate surface area is 151 Å². The van der Waals surface area contributed by atoms with Gasteiger partial charge in [0.1, 0.15) is 0 Å². The lowest BCUT2D eigenvalue weighted by atomic mass is 9.95. The number of carbonyl (C=O) groups is 2. The average molecular weight is 371 g/mol. The molecule has 130 valence electrons. The summed E-state index contributed by atoms with van der Waals surface area (Å²) in [5, 5.41) is 3.58. The minimum absolute atomic E-state index is 0.298. The van der Waals surface area contributed by atoms with E-state index in [1.807, 2.05) is 6.92 Å². The molecule has 2 amide bonds. The van der Waals surface area contributed by atoms with Gasteiger partial charge in [0.25, 0.3) is 0 Å². The standard InChI is InChI=1S/C17H20Cl2N2O3/c1-4-5-8-24-16(22)14-10(2)21(3)17(23)20-15(14)11-6-7-12(18)13(19)9-11/h6-7,9,15H,4-5,8H2,1-3H3,(H,20,23). The summed E-state index contributed by atoms with van der Waals surface area (Å²) in [7, 11) is 1.61. The van der Waals surface area contributed by atoms with E-state index in [0.717, 1.165) is 12.8 Å². The van der Waals surface area contributed by atoms with Gasteiger partial charge < -0.3 is 15.0 Å². The molecule has 1 aliphatic rings. The molecule has 1 N–H and O–H groups in total. The SMILES string of the molecule is CCCCOC(=O)C1=C(C)N(C)C(=O)NC1c1ccc(Cl)c(Cl)c1. The molecule has 2 rings (SSSR count). The lowest BCUT2D eigenvalue weighted by Crippen LogP contribution is -2.46. The highest BCUT2D eigenvalue weighted by molar-refractivity contribution is 6.42. The smallest absolute Gasteiger partial charge is 0.338 e. The summed E-state index contributed by atoms with van der Waals surface area (Å²) in [6.07, 6.45) is 1.72. The summed E-state index contributed by atoms with van der Waals surface area (Å²) in [5.74, 6) is -0.441. The summed E-state index contributed by atoms with van der Waals surface area (Å²) in [6, 6.07) is 4.09. The molecule has 0 saturated carbocycles. The van der Waals surface area contributed by atoms with Crippen molar-refractivity contribution >= 4 is 35.2 Å². The van der Waals surface area contributed by atoms with Gasteiger partial charge in [-0.15, -0.1) is 0 Å². The number of halogens is 2. The third kappa shape index (κ3) is 3.84. The van der Waals surface area contributed by atoms with Crippen molar-refractivity contribution in [1.29, 1.82) is 0 Å². The van der Waals surface area contributed by atoms with Gasteiger partial charge in [-0.1, -0.05) is 42.6 Å². The number of hydrogen-bond acceptors (Lipinski definition) is 3. The van der Waals surface area contributed by atoms with Gasteiger partial charge in [0.2, 0.25) is 0 Å². The van der Waals surface area contributed by atoms with E-state index >= 15 is 0 Å². The number of hydrogen-bond donors (Lipinski definition) is 1. The molecule has 0 aliphatic carbocycles. The van der Waals surface area contributed by atoms with Crippen LogP contribution in [0.25, 0.3) is 0 Å². The van der Waals surface area contributed by atoms with Gasteiger partial charge in [-0.3, -0.25) is 0 Å². The van der Waals surface area contributed by atoms with Crippen LogP contribution in [0.4, 0.5) is 4.79 Å². The van der Waals surface area contributed by atoms with Crippen LogP contribution >= 0.6 is 23.2 Å². The first-order valence-corrected chi connectivity index (χ1v) is 8.49. The molecule has 0 spiro atoms. The number of carbonyl (C=O) groups excluding carboxylic acids is 2. The van der Waals surface area contributed by atoms with Gasteiger partial charge >= 0.3 is 12.0 Å². The lowest BCUT2D eigenvalue weighted by Gasteiger charge is -2.33. The van der Waals surface area contributed by atoms with Crippen LogP contribution in [0.5, 0.6) is 0 Å². The zero-order valence-corrected chi connectivity index (χ0v) is 15.4. The molecule has 5 nitrogen and oxygen atoms in total. The second kappa shape index (κ2) is 7.90. The van der Waals surface area contributed by atoms with Gasteiger partial charge in [0.05, 0.1) is 28.3 Å².